The summed E-state index contributed by atoms with van der Waals surface area (Å²) in [7, 11) is 0. The van der Waals surface area contributed by atoms with E-state index < -0.39 is 11.5 Å². The SMILES string of the molecule is CCC1CCC(NC(C)CO)(C(=O)O)CC1. The van der Waals surface area contributed by atoms with Gasteiger partial charge in [0.2, 0.25) is 0 Å². The summed E-state index contributed by atoms with van der Waals surface area (Å²) in [5.41, 5.74) is -0.812. The summed E-state index contributed by atoms with van der Waals surface area (Å²) in [5.74, 6) is -0.110. The van der Waals surface area contributed by atoms with Gasteiger partial charge in [0.1, 0.15) is 5.54 Å². The fourth-order valence-corrected chi connectivity index (χ4v) is 2.52. The average molecular weight is 229 g/mol. The summed E-state index contributed by atoms with van der Waals surface area (Å²) in [5, 5.41) is 21.4. The van der Waals surface area contributed by atoms with E-state index in [-0.39, 0.29) is 12.6 Å². The molecule has 0 aromatic heterocycles. The maximum atomic E-state index is 11.4. The van der Waals surface area contributed by atoms with E-state index >= 15 is 0 Å². The van der Waals surface area contributed by atoms with Gasteiger partial charge in [-0.15, -0.1) is 0 Å². The summed E-state index contributed by atoms with van der Waals surface area (Å²) in [6, 6.07) is -0.158. The highest BCUT2D eigenvalue weighted by Crippen LogP contribution is 2.34. The average Bonchev–Trinajstić information content (AvgIpc) is 2.29. The van der Waals surface area contributed by atoms with Crippen LogP contribution in [-0.2, 0) is 4.79 Å². The van der Waals surface area contributed by atoms with Crippen molar-refractivity contribution in [1.29, 1.82) is 0 Å². The quantitative estimate of drug-likeness (QED) is 0.666. The minimum absolute atomic E-state index is 0.0216. The van der Waals surface area contributed by atoms with Crippen molar-refractivity contribution in [3.63, 3.8) is 0 Å². The number of nitrogens with one attached hydrogen (secondary N) is 1. The number of carboxylic acid groups (broad SMARTS) is 1. The Labute approximate surface area is 97.0 Å². The molecule has 0 saturated heterocycles. The monoisotopic (exact) mass is 229 g/mol. The lowest BCUT2D eigenvalue weighted by Crippen LogP contribution is -2.57. The van der Waals surface area contributed by atoms with E-state index in [4.69, 9.17) is 5.11 Å². The molecule has 1 atom stereocenters. The van der Waals surface area contributed by atoms with Gasteiger partial charge in [-0.25, -0.2) is 0 Å². The normalized spacial score (nSPS) is 32.3. The standard InChI is InChI=1S/C12H23NO3/c1-3-10-4-6-12(7-5-10,11(15)16)13-9(2)8-14/h9-10,13-14H,3-8H2,1-2H3,(H,15,16). The van der Waals surface area contributed by atoms with Crippen LogP contribution in [0.25, 0.3) is 0 Å². The first-order valence-electron chi connectivity index (χ1n) is 6.16. The van der Waals surface area contributed by atoms with Crippen molar-refractivity contribution >= 4 is 5.97 Å². The number of carboxylic acids is 1. The van der Waals surface area contributed by atoms with Gasteiger partial charge in [-0.2, -0.15) is 0 Å². The minimum Gasteiger partial charge on any atom is -0.480 e. The molecule has 1 rings (SSSR count). The fourth-order valence-electron chi connectivity index (χ4n) is 2.52. The minimum atomic E-state index is -0.812. The molecule has 0 amide bonds. The van der Waals surface area contributed by atoms with Crippen LogP contribution in [0.4, 0.5) is 0 Å². The lowest BCUT2D eigenvalue weighted by atomic mass is 9.75. The van der Waals surface area contributed by atoms with E-state index in [2.05, 4.69) is 12.2 Å². The van der Waals surface area contributed by atoms with Gasteiger partial charge < -0.3 is 10.2 Å². The largest absolute Gasteiger partial charge is 0.480 e. The summed E-state index contributed by atoms with van der Waals surface area (Å²) in [6.45, 7) is 3.95. The molecule has 1 fully saturated rings. The van der Waals surface area contributed by atoms with Gasteiger partial charge in [-0.1, -0.05) is 13.3 Å². The first-order valence-corrected chi connectivity index (χ1v) is 6.16. The third-order valence-electron chi connectivity index (χ3n) is 3.74. The van der Waals surface area contributed by atoms with Gasteiger partial charge in [-0.3, -0.25) is 10.1 Å². The van der Waals surface area contributed by atoms with Crippen LogP contribution in [0.1, 0.15) is 46.0 Å². The Balaban J connectivity index is 2.65. The van der Waals surface area contributed by atoms with Crippen molar-refractivity contribution in [2.75, 3.05) is 6.61 Å². The summed E-state index contributed by atoms with van der Waals surface area (Å²) >= 11 is 0. The summed E-state index contributed by atoms with van der Waals surface area (Å²) < 4.78 is 0. The van der Waals surface area contributed by atoms with Crippen molar-refractivity contribution in [2.24, 2.45) is 5.92 Å². The second kappa shape index (κ2) is 5.64. The predicted molar refractivity (Wildman–Crippen MR) is 62.3 cm³/mol. The Morgan fingerprint density at radius 1 is 1.50 bits per heavy atom. The fraction of sp³-hybridized carbons (Fsp3) is 0.917. The Bertz CT molecular complexity index is 234. The molecule has 94 valence electrons. The molecule has 0 aromatic rings. The number of aliphatic hydroxyl groups is 1. The number of hydrogen-bond acceptors (Lipinski definition) is 3. The molecule has 0 bridgehead atoms. The Hall–Kier alpha value is -0.610. The highest BCUT2D eigenvalue weighted by molar-refractivity contribution is 5.79. The van der Waals surface area contributed by atoms with Gasteiger partial charge in [0.15, 0.2) is 0 Å². The molecule has 0 aromatic carbocycles. The van der Waals surface area contributed by atoms with Gasteiger partial charge >= 0.3 is 5.97 Å². The van der Waals surface area contributed by atoms with E-state index in [1.54, 1.807) is 0 Å². The number of aliphatic hydroxyl groups excluding tert-OH is 1. The molecule has 0 aliphatic heterocycles. The molecule has 1 aliphatic carbocycles. The van der Waals surface area contributed by atoms with Crippen LogP contribution in [0, 0.1) is 5.92 Å². The number of rotatable bonds is 5. The van der Waals surface area contributed by atoms with Crippen LogP contribution in [0.3, 0.4) is 0 Å². The Morgan fingerprint density at radius 3 is 2.44 bits per heavy atom. The van der Waals surface area contributed by atoms with Gasteiger partial charge in [0.25, 0.3) is 0 Å². The molecule has 3 N–H and O–H groups in total. The van der Waals surface area contributed by atoms with Crippen molar-refractivity contribution < 1.29 is 15.0 Å². The zero-order chi connectivity index (χ0) is 12.2. The Kier molecular flexibility index (Phi) is 4.74. The van der Waals surface area contributed by atoms with Crippen LogP contribution in [0.5, 0.6) is 0 Å². The predicted octanol–water partition coefficient (Wildman–Crippen LogP) is 1.38. The number of hydrogen-bond donors (Lipinski definition) is 3. The molecule has 0 radical (unpaired) electrons. The molecule has 1 saturated carbocycles. The van der Waals surface area contributed by atoms with E-state index in [0.29, 0.717) is 18.8 Å². The first-order chi connectivity index (χ1) is 7.54. The highest BCUT2D eigenvalue weighted by atomic mass is 16.4. The first kappa shape index (κ1) is 13.5. The zero-order valence-electron chi connectivity index (χ0n) is 10.2. The molecule has 0 heterocycles. The molecule has 0 spiro atoms. The lowest BCUT2D eigenvalue weighted by molar-refractivity contribution is -0.147. The zero-order valence-corrected chi connectivity index (χ0v) is 10.2. The molecule has 1 aliphatic rings. The van der Waals surface area contributed by atoms with Crippen molar-refractivity contribution in [3.05, 3.63) is 0 Å². The van der Waals surface area contributed by atoms with E-state index in [1.165, 1.54) is 0 Å². The molecule has 4 nitrogen and oxygen atoms in total. The number of aliphatic carboxylic acids is 1. The Morgan fingerprint density at radius 2 is 2.06 bits per heavy atom. The van der Waals surface area contributed by atoms with E-state index in [9.17, 15) is 9.90 Å². The van der Waals surface area contributed by atoms with Crippen LogP contribution in [0.2, 0.25) is 0 Å². The second-order valence-corrected chi connectivity index (χ2v) is 4.97. The topological polar surface area (TPSA) is 69.6 Å². The lowest BCUT2D eigenvalue weighted by Gasteiger charge is -2.39. The van der Waals surface area contributed by atoms with Crippen LogP contribution in [0.15, 0.2) is 0 Å². The third kappa shape index (κ3) is 2.95. The van der Waals surface area contributed by atoms with Crippen LogP contribution in [-0.4, -0.2) is 34.4 Å². The number of carbonyl (C=O) groups is 1. The molecular formula is C12H23NO3. The van der Waals surface area contributed by atoms with Gasteiger partial charge in [0.05, 0.1) is 6.61 Å². The van der Waals surface area contributed by atoms with E-state index in [1.807, 2.05) is 6.92 Å². The maximum absolute atomic E-state index is 11.4. The van der Waals surface area contributed by atoms with Crippen molar-refractivity contribution in [1.82, 2.24) is 5.32 Å². The second-order valence-electron chi connectivity index (χ2n) is 4.97. The van der Waals surface area contributed by atoms with Gasteiger partial charge in [0, 0.05) is 6.04 Å². The highest BCUT2D eigenvalue weighted by Gasteiger charge is 2.42. The smallest absolute Gasteiger partial charge is 0.323 e. The van der Waals surface area contributed by atoms with Crippen LogP contribution >= 0.6 is 0 Å². The van der Waals surface area contributed by atoms with Crippen molar-refractivity contribution in [2.45, 2.75) is 57.5 Å². The van der Waals surface area contributed by atoms with Crippen molar-refractivity contribution in [3.8, 4) is 0 Å². The molecule has 1 unspecified atom stereocenters. The molecule has 16 heavy (non-hydrogen) atoms. The van der Waals surface area contributed by atoms with Gasteiger partial charge in [-0.05, 0) is 38.5 Å². The summed E-state index contributed by atoms with van der Waals surface area (Å²) in [6.07, 6.45) is 4.41. The van der Waals surface area contributed by atoms with E-state index in [0.717, 1.165) is 19.3 Å². The summed E-state index contributed by atoms with van der Waals surface area (Å²) in [4.78, 5) is 11.4. The third-order valence-corrected chi connectivity index (χ3v) is 3.74. The maximum Gasteiger partial charge on any atom is 0.323 e. The van der Waals surface area contributed by atoms with Crippen LogP contribution < -0.4 is 5.32 Å². The molecule has 4 heteroatoms. The molecular weight excluding hydrogens is 206 g/mol.